The third-order valence-corrected chi connectivity index (χ3v) is 7.40. The van der Waals surface area contributed by atoms with Crippen LogP contribution in [0.4, 0.5) is 0 Å². The molecule has 2 aromatic carbocycles. The van der Waals surface area contributed by atoms with E-state index in [0.717, 1.165) is 22.3 Å². The molecule has 0 saturated carbocycles. The van der Waals surface area contributed by atoms with Gasteiger partial charge in [0.1, 0.15) is 10.5 Å². The summed E-state index contributed by atoms with van der Waals surface area (Å²) in [5.41, 5.74) is 4.98. The van der Waals surface area contributed by atoms with E-state index in [1.807, 2.05) is 48.5 Å². The summed E-state index contributed by atoms with van der Waals surface area (Å²) in [6.45, 7) is 14.0. The number of benzene rings is 2. The van der Waals surface area contributed by atoms with Crippen LogP contribution in [0, 0.1) is 19.8 Å². The maximum Gasteiger partial charge on any atom is 0.340 e. The molecule has 0 aliphatic rings. The predicted molar refractivity (Wildman–Crippen MR) is 140 cm³/mol. The van der Waals surface area contributed by atoms with Crippen molar-refractivity contribution in [1.29, 1.82) is 0 Å². The zero-order valence-electron chi connectivity index (χ0n) is 21.1. The maximum atomic E-state index is 13.7. The fourth-order valence-electron chi connectivity index (χ4n) is 3.73. The molecule has 0 aliphatic carbocycles. The molecule has 0 radical (unpaired) electrons. The van der Waals surface area contributed by atoms with Crippen LogP contribution in [0.5, 0.6) is 5.88 Å². The smallest absolute Gasteiger partial charge is 0.340 e. The SMILES string of the molecule is CC(C)=C(C)c1c(Cl)ccc(C(=O)c2cnn(CC(C)C)c2OS(=O)(=O)c2ccc(C)cc2)c1C. The van der Waals surface area contributed by atoms with Crippen LogP contribution in [-0.2, 0) is 16.7 Å². The summed E-state index contributed by atoms with van der Waals surface area (Å²) in [7, 11) is -4.19. The minimum absolute atomic E-state index is 0.00272. The Morgan fingerprint density at radius 3 is 2.23 bits per heavy atom. The average molecular weight is 515 g/mol. The molecule has 0 spiro atoms. The van der Waals surface area contributed by atoms with Gasteiger partial charge in [0.2, 0.25) is 5.88 Å². The summed E-state index contributed by atoms with van der Waals surface area (Å²) in [6.07, 6.45) is 1.37. The number of rotatable bonds is 8. The molecule has 0 aliphatic heterocycles. The van der Waals surface area contributed by atoms with Gasteiger partial charge >= 0.3 is 10.1 Å². The van der Waals surface area contributed by atoms with Gasteiger partial charge in [0, 0.05) is 17.1 Å². The second-order valence-electron chi connectivity index (χ2n) is 9.34. The number of aromatic nitrogens is 2. The first kappa shape index (κ1) is 26.7. The van der Waals surface area contributed by atoms with E-state index < -0.39 is 10.1 Å². The Morgan fingerprint density at radius 1 is 1.03 bits per heavy atom. The highest BCUT2D eigenvalue weighted by molar-refractivity contribution is 7.87. The standard InChI is InChI=1S/C27H31ClN2O4S/c1-16(2)15-30-27(34-35(32,33)21-10-8-18(5)9-11-21)23(14-29-30)26(31)22-12-13-24(28)25(20(22)7)19(6)17(3)4/h8-14,16H,15H2,1-7H3. The van der Waals surface area contributed by atoms with Crippen LogP contribution >= 0.6 is 11.6 Å². The van der Waals surface area contributed by atoms with Gasteiger partial charge in [-0.15, -0.1) is 0 Å². The first-order valence-corrected chi connectivity index (χ1v) is 13.2. The normalized spacial score (nSPS) is 11.6. The predicted octanol–water partition coefficient (Wildman–Crippen LogP) is 6.62. The number of allylic oxidation sites excluding steroid dienone is 2. The highest BCUT2D eigenvalue weighted by Gasteiger charge is 2.28. The van der Waals surface area contributed by atoms with Gasteiger partial charge in [0.05, 0.1) is 6.20 Å². The Labute approximate surface area is 212 Å². The minimum Gasteiger partial charge on any atom is -0.358 e. The molecule has 0 atom stereocenters. The third kappa shape index (κ3) is 5.68. The molecule has 1 aromatic heterocycles. The fourth-order valence-corrected chi connectivity index (χ4v) is 5.03. The summed E-state index contributed by atoms with van der Waals surface area (Å²) in [5.74, 6) is -0.336. The lowest BCUT2D eigenvalue weighted by Gasteiger charge is -2.16. The Bertz CT molecular complexity index is 1400. The van der Waals surface area contributed by atoms with Gasteiger partial charge in [0.25, 0.3) is 0 Å². The van der Waals surface area contributed by atoms with Crippen molar-refractivity contribution >= 4 is 33.1 Å². The highest BCUT2D eigenvalue weighted by atomic mass is 35.5. The van der Waals surface area contributed by atoms with E-state index >= 15 is 0 Å². The monoisotopic (exact) mass is 514 g/mol. The van der Waals surface area contributed by atoms with Crippen molar-refractivity contribution in [3.63, 3.8) is 0 Å². The molecule has 0 fully saturated rings. The molecular formula is C27H31ClN2O4S. The third-order valence-electron chi connectivity index (χ3n) is 5.86. The van der Waals surface area contributed by atoms with E-state index in [0.29, 0.717) is 22.7 Å². The fraction of sp³-hybridized carbons (Fsp3) is 0.333. The van der Waals surface area contributed by atoms with Crippen molar-refractivity contribution in [2.24, 2.45) is 5.92 Å². The van der Waals surface area contributed by atoms with Crippen molar-refractivity contribution in [3.05, 3.63) is 81.0 Å². The van der Waals surface area contributed by atoms with Crippen LogP contribution in [0.3, 0.4) is 0 Å². The van der Waals surface area contributed by atoms with Crippen LogP contribution in [0.1, 0.15) is 67.2 Å². The molecule has 0 bridgehead atoms. The molecule has 0 amide bonds. The number of halogens is 1. The number of ketones is 1. The molecule has 0 N–H and O–H groups in total. The van der Waals surface area contributed by atoms with Gasteiger partial charge < -0.3 is 4.18 Å². The molecule has 186 valence electrons. The molecule has 3 aromatic rings. The second-order valence-corrected chi connectivity index (χ2v) is 11.3. The van der Waals surface area contributed by atoms with Gasteiger partial charge in [0.15, 0.2) is 5.78 Å². The number of nitrogens with zero attached hydrogens (tertiary/aromatic N) is 2. The number of hydrogen-bond acceptors (Lipinski definition) is 5. The van der Waals surface area contributed by atoms with E-state index in [1.54, 1.807) is 24.3 Å². The lowest BCUT2D eigenvalue weighted by molar-refractivity contribution is 0.103. The first-order chi connectivity index (χ1) is 16.3. The molecule has 0 saturated heterocycles. The maximum absolute atomic E-state index is 13.7. The van der Waals surface area contributed by atoms with E-state index in [4.69, 9.17) is 15.8 Å². The van der Waals surface area contributed by atoms with Crippen LogP contribution in [0.2, 0.25) is 5.02 Å². The number of carbonyl (C=O) groups excluding carboxylic acids is 1. The molecular weight excluding hydrogens is 484 g/mol. The van der Waals surface area contributed by atoms with E-state index in [2.05, 4.69) is 5.10 Å². The van der Waals surface area contributed by atoms with Crippen molar-refractivity contribution in [1.82, 2.24) is 9.78 Å². The van der Waals surface area contributed by atoms with Crippen molar-refractivity contribution < 1.29 is 17.4 Å². The first-order valence-electron chi connectivity index (χ1n) is 11.4. The quantitative estimate of drug-likeness (QED) is 0.249. The van der Waals surface area contributed by atoms with Gasteiger partial charge in [-0.3, -0.25) is 4.79 Å². The number of aryl methyl sites for hydroxylation is 1. The van der Waals surface area contributed by atoms with Crippen LogP contribution in [0.15, 0.2) is 53.1 Å². The highest BCUT2D eigenvalue weighted by Crippen LogP contribution is 2.34. The summed E-state index contributed by atoms with van der Waals surface area (Å²) in [4.78, 5) is 13.7. The summed E-state index contributed by atoms with van der Waals surface area (Å²) < 4.78 is 33.2. The Hall–Kier alpha value is -2.90. The summed E-state index contributed by atoms with van der Waals surface area (Å²) in [6, 6.07) is 9.68. The van der Waals surface area contributed by atoms with Gasteiger partial charge in [-0.2, -0.15) is 13.5 Å². The molecule has 6 nitrogen and oxygen atoms in total. The summed E-state index contributed by atoms with van der Waals surface area (Å²) >= 11 is 6.48. The molecule has 0 unspecified atom stereocenters. The zero-order chi connectivity index (χ0) is 26.1. The Kier molecular flexibility index (Phi) is 7.92. The zero-order valence-corrected chi connectivity index (χ0v) is 22.7. The largest absolute Gasteiger partial charge is 0.358 e. The van der Waals surface area contributed by atoms with Gasteiger partial charge in [-0.25, -0.2) is 4.68 Å². The van der Waals surface area contributed by atoms with Crippen molar-refractivity contribution in [3.8, 4) is 5.88 Å². The van der Waals surface area contributed by atoms with E-state index in [-0.39, 0.29) is 28.0 Å². The molecule has 3 rings (SSSR count). The van der Waals surface area contributed by atoms with Crippen LogP contribution in [-0.4, -0.2) is 24.0 Å². The number of hydrogen-bond donors (Lipinski definition) is 0. The molecule has 1 heterocycles. The van der Waals surface area contributed by atoms with Crippen molar-refractivity contribution in [2.75, 3.05) is 0 Å². The van der Waals surface area contributed by atoms with Gasteiger partial charge in [-0.05, 0) is 81.5 Å². The second kappa shape index (κ2) is 10.4. The Morgan fingerprint density at radius 2 is 1.66 bits per heavy atom. The van der Waals surface area contributed by atoms with E-state index in [1.165, 1.54) is 23.0 Å². The van der Waals surface area contributed by atoms with Crippen LogP contribution < -0.4 is 4.18 Å². The van der Waals surface area contributed by atoms with Crippen molar-refractivity contribution in [2.45, 2.75) is 59.9 Å². The summed E-state index contributed by atoms with van der Waals surface area (Å²) in [5, 5.41) is 4.85. The minimum atomic E-state index is -4.19. The topological polar surface area (TPSA) is 78.3 Å². The number of carbonyl (C=O) groups is 1. The lowest BCUT2D eigenvalue weighted by Crippen LogP contribution is -2.17. The van der Waals surface area contributed by atoms with Gasteiger partial charge in [-0.1, -0.05) is 48.7 Å². The average Bonchev–Trinajstić information content (AvgIpc) is 3.14. The van der Waals surface area contributed by atoms with Crippen LogP contribution in [0.25, 0.3) is 5.57 Å². The van der Waals surface area contributed by atoms with E-state index in [9.17, 15) is 13.2 Å². The lowest BCUT2D eigenvalue weighted by atomic mass is 9.92. The molecule has 35 heavy (non-hydrogen) atoms. The molecule has 8 heteroatoms. The Balaban J connectivity index is 2.14.